The monoisotopic (exact) mass is 361 g/mol. The van der Waals surface area contributed by atoms with Crippen LogP contribution in [0.3, 0.4) is 0 Å². The minimum Gasteiger partial charge on any atom is -0.475 e. The number of oxazole rings is 1. The van der Waals surface area contributed by atoms with E-state index in [1.54, 1.807) is 11.3 Å². The van der Waals surface area contributed by atoms with Gasteiger partial charge in [0.15, 0.2) is 0 Å². The highest BCUT2D eigenvalue weighted by molar-refractivity contribution is 14.1. The Morgan fingerprint density at radius 2 is 2.35 bits per heavy atom. The van der Waals surface area contributed by atoms with E-state index in [-0.39, 0.29) is 11.7 Å². The molecule has 1 aliphatic carbocycles. The van der Waals surface area contributed by atoms with E-state index in [0.717, 1.165) is 21.3 Å². The lowest BCUT2D eigenvalue weighted by molar-refractivity contribution is 0.0661. The Bertz CT molecular complexity index is 585. The predicted molar refractivity (Wildman–Crippen MR) is 71.5 cm³/mol. The van der Waals surface area contributed by atoms with Gasteiger partial charge in [0, 0.05) is 16.9 Å². The first kappa shape index (κ1) is 11.2. The summed E-state index contributed by atoms with van der Waals surface area (Å²) in [5, 5.41) is 11.0. The number of carboxylic acids is 1. The summed E-state index contributed by atoms with van der Waals surface area (Å²) in [4.78, 5) is 15.4. The van der Waals surface area contributed by atoms with E-state index in [0.29, 0.717) is 11.6 Å². The second-order valence-electron chi connectivity index (χ2n) is 3.95. The van der Waals surface area contributed by atoms with Gasteiger partial charge in [0.05, 0.1) is 8.58 Å². The average molecular weight is 361 g/mol. The van der Waals surface area contributed by atoms with Gasteiger partial charge in [0.25, 0.3) is 0 Å². The fourth-order valence-corrected chi connectivity index (χ4v) is 2.98. The Labute approximate surface area is 115 Å². The van der Waals surface area contributed by atoms with Gasteiger partial charge in [0.2, 0.25) is 11.7 Å². The largest absolute Gasteiger partial charge is 0.475 e. The van der Waals surface area contributed by atoms with Gasteiger partial charge in [-0.15, -0.1) is 11.3 Å². The predicted octanol–water partition coefficient (Wildman–Crippen LogP) is 3.58. The average Bonchev–Trinajstić information content (AvgIpc) is 2.87. The minimum absolute atomic E-state index is 0.00343. The first-order chi connectivity index (χ1) is 8.15. The second-order valence-corrected chi connectivity index (χ2v) is 6.76. The molecule has 88 valence electrons. The van der Waals surface area contributed by atoms with E-state index in [2.05, 4.69) is 27.6 Å². The van der Waals surface area contributed by atoms with Crippen LogP contribution in [0, 0.1) is 2.88 Å². The summed E-state index contributed by atoms with van der Waals surface area (Å²) in [5.41, 5.74) is 1.46. The van der Waals surface area contributed by atoms with Crippen LogP contribution >= 0.6 is 33.9 Å². The maximum Gasteiger partial charge on any atom is 0.373 e. The lowest BCUT2D eigenvalue weighted by Crippen LogP contribution is -1.98. The number of rotatable bonds is 3. The van der Waals surface area contributed by atoms with Crippen molar-refractivity contribution in [3.8, 4) is 11.5 Å². The summed E-state index contributed by atoms with van der Waals surface area (Å²) in [7, 11) is 0. The molecule has 2 heterocycles. The van der Waals surface area contributed by atoms with E-state index in [9.17, 15) is 4.79 Å². The van der Waals surface area contributed by atoms with Crippen LogP contribution in [0.5, 0.6) is 0 Å². The van der Waals surface area contributed by atoms with E-state index in [4.69, 9.17) is 9.52 Å². The Morgan fingerprint density at radius 1 is 1.59 bits per heavy atom. The molecule has 2 aromatic heterocycles. The number of hydrogen-bond acceptors (Lipinski definition) is 4. The molecule has 0 saturated heterocycles. The lowest BCUT2D eigenvalue weighted by atomic mass is 10.2. The van der Waals surface area contributed by atoms with E-state index in [1.807, 2.05) is 11.4 Å². The molecule has 17 heavy (non-hydrogen) atoms. The summed E-state index contributed by atoms with van der Waals surface area (Å²) in [6.45, 7) is 0. The Hall–Kier alpha value is -0.890. The summed E-state index contributed by atoms with van der Waals surface area (Å²) >= 11 is 3.80. The molecule has 0 aliphatic heterocycles. The first-order valence-corrected chi connectivity index (χ1v) is 7.09. The maximum absolute atomic E-state index is 11.1. The molecule has 1 fully saturated rings. The van der Waals surface area contributed by atoms with Gasteiger partial charge in [-0.25, -0.2) is 9.78 Å². The lowest BCUT2D eigenvalue weighted by Gasteiger charge is -1.89. The smallest absolute Gasteiger partial charge is 0.373 e. The van der Waals surface area contributed by atoms with Gasteiger partial charge in [0.1, 0.15) is 0 Å². The molecule has 0 bridgehead atoms. The molecule has 6 heteroatoms. The number of thiophene rings is 1. The van der Waals surface area contributed by atoms with Crippen LogP contribution in [0.15, 0.2) is 15.9 Å². The van der Waals surface area contributed by atoms with Crippen molar-refractivity contribution in [1.29, 1.82) is 0 Å². The Morgan fingerprint density at radius 3 is 2.88 bits per heavy atom. The highest BCUT2D eigenvalue weighted by atomic mass is 127. The quantitative estimate of drug-likeness (QED) is 0.849. The zero-order chi connectivity index (χ0) is 12.0. The molecule has 0 atom stereocenters. The van der Waals surface area contributed by atoms with Gasteiger partial charge >= 0.3 is 5.97 Å². The van der Waals surface area contributed by atoms with Gasteiger partial charge < -0.3 is 9.52 Å². The number of aromatic nitrogens is 1. The number of aromatic carboxylic acids is 1. The van der Waals surface area contributed by atoms with E-state index < -0.39 is 5.97 Å². The third-order valence-electron chi connectivity index (χ3n) is 2.63. The molecule has 2 aromatic rings. The van der Waals surface area contributed by atoms with Crippen molar-refractivity contribution >= 4 is 39.9 Å². The fraction of sp³-hybridized carbons (Fsp3) is 0.273. The normalized spacial score (nSPS) is 15.1. The third kappa shape index (κ3) is 2.11. The Balaban J connectivity index is 2.06. The van der Waals surface area contributed by atoms with Crippen molar-refractivity contribution in [3.63, 3.8) is 0 Å². The van der Waals surface area contributed by atoms with Crippen molar-refractivity contribution in [2.75, 3.05) is 0 Å². The van der Waals surface area contributed by atoms with Crippen molar-refractivity contribution < 1.29 is 14.3 Å². The number of hydrogen-bond donors (Lipinski definition) is 1. The number of halogens is 1. The molecule has 0 unspecified atom stereocenters. The highest BCUT2D eigenvalue weighted by Crippen LogP contribution is 2.42. The second kappa shape index (κ2) is 4.09. The van der Waals surface area contributed by atoms with Crippen LogP contribution in [-0.4, -0.2) is 16.1 Å². The fourth-order valence-electron chi connectivity index (χ4n) is 1.66. The molecule has 0 spiro atoms. The van der Waals surface area contributed by atoms with Crippen LogP contribution in [0.25, 0.3) is 11.5 Å². The number of carboxylic acid groups (broad SMARTS) is 1. The van der Waals surface area contributed by atoms with Crippen LogP contribution in [-0.2, 0) is 0 Å². The zero-order valence-corrected chi connectivity index (χ0v) is 11.6. The molecular formula is C11H8INO3S. The van der Waals surface area contributed by atoms with Crippen LogP contribution in [0.4, 0.5) is 0 Å². The topological polar surface area (TPSA) is 63.3 Å². The molecule has 0 amide bonds. The third-order valence-corrected chi connectivity index (χ3v) is 4.42. The van der Waals surface area contributed by atoms with Gasteiger partial charge in [-0.3, -0.25) is 0 Å². The molecule has 1 saturated carbocycles. The molecule has 3 rings (SSSR count). The van der Waals surface area contributed by atoms with Crippen LogP contribution < -0.4 is 0 Å². The van der Waals surface area contributed by atoms with Crippen molar-refractivity contribution in [1.82, 2.24) is 4.98 Å². The SMILES string of the molecule is O=C(O)c1oc(-c2csc(I)c2)nc1C1CC1. The maximum atomic E-state index is 11.1. The summed E-state index contributed by atoms with van der Waals surface area (Å²) < 4.78 is 6.50. The molecule has 1 N–H and O–H groups in total. The molecule has 4 nitrogen and oxygen atoms in total. The van der Waals surface area contributed by atoms with Crippen molar-refractivity contribution in [2.24, 2.45) is 0 Å². The van der Waals surface area contributed by atoms with Crippen LogP contribution in [0.2, 0.25) is 0 Å². The van der Waals surface area contributed by atoms with Crippen LogP contribution in [0.1, 0.15) is 35.0 Å². The molecule has 0 radical (unpaired) electrons. The van der Waals surface area contributed by atoms with Gasteiger partial charge in [-0.05, 0) is 41.5 Å². The standard InChI is InChI=1S/C11H8INO3S/c12-7-3-6(4-17-7)10-13-8(5-1-2-5)9(16-10)11(14)15/h3-5H,1-2H2,(H,14,15). The minimum atomic E-state index is -1.03. The van der Waals surface area contributed by atoms with Crippen molar-refractivity contribution in [3.05, 3.63) is 25.8 Å². The number of carbonyl (C=O) groups is 1. The van der Waals surface area contributed by atoms with E-state index >= 15 is 0 Å². The molecule has 1 aliphatic rings. The molecular weight excluding hydrogens is 353 g/mol. The highest BCUT2D eigenvalue weighted by Gasteiger charge is 2.33. The zero-order valence-electron chi connectivity index (χ0n) is 8.64. The van der Waals surface area contributed by atoms with Gasteiger partial charge in [-0.2, -0.15) is 0 Å². The summed E-state index contributed by atoms with van der Waals surface area (Å²) in [6, 6.07) is 1.94. The summed E-state index contributed by atoms with van der Waals surface area (Å²) in [5.74, 6) is -0.334. The Kier molecular flexibility index (Phi) is 2.70. The first-order valence-electron chi connectivity index (χ1n) is 5.13. The van der Waals surface area contributed by atoms with Crippen molar-refractivity contribution in [2.45, 2.75) is 18.8 Å². The van der Waals surface area contributed by atoms with Gasteiger partial charge in [-0.1, -0.05) is 0 Å². The molecule has 0 aromatic carbocycles. The summed E-state index contributed by atoms with van der Waals surface area (Å²) in [6.07, 6.45) is 2.01. The van der Waals surface area contributed by atoms with E-state index in [1.165, 1.54) is 0 Å². The number of nitrogens with zero attached hydrogens (tertiary/aromatic N) is 1.